The lowest BCUT2D eigenvalue weighted by molar-refractivity contribution is -0.135. The van der Waals surface area contributed by atoms with Gasteiger partial charge >= 0.3 is 5.97 Å². The predicted molar refractivity (Wildman–Crippen MR) is 68.4 cm³/mol. The number of phenolic OH excluding ortho intramolecular Hbond substituents is 1. The van der Waals surface area contributed by atoms with Gasteiger partial charge in [0.05, 0.1) is 12.7 Å². The summed E-state index contributed by atoms with van der Waals surface area (Å²) in [4.78, 5) is 11.5. The van der Waals surface area contributed by atoms with Crippen molar-refractivity contribution in [2.75, 3.05) is 19.0 Å². The van der Waals surface area contributed by atoms with Crippen LogP contribution in [0.5, 0.6) is 11.5 Å². The highest BCUT2D eigenvalue weighted by Crippen LogP contribution is 2.29. The average Bonchev–Trinajstić information content (AvgIpc) is 2.35. The number of hydrogen-bond acceptors (Lipinski definition) is 4. The number of carbonyl (C=O) groups is 1. The number of halogens is 1. The maximum absolute atomic E-state index is 11.5. The van der Waals surface area contributed by atoms with Crippen LogP contribution in [0.4, 0.5) is 0 Å². The number of ether oxygens (including phenoxy) is 2. The summed E-state index contributed by atoms with van der Waals surface area (Å²) in [7, 11) is 1.44. The zero-order chi connectivity index (χ0) is 12.8. The third-order valence-corrected chi connectivity index (χ3v) is 2.41. The van der Waals surface area contributed by atoms with Crippen molar-refractivity contribution in [1.82, 2.24) is 0 Å². The summed E-state index contributed by atoms with van der Waals surface area (Å²) >= 11 is 3.16. The lowest BCUT2D eigenvalue weighted by Crippen LogP contribution is -2.08. The van der Waals surface area contributed by atoms with Crippen LogP contribution in [0.2, 0.25) is 0 Å². The molecule has 0 aliphatic heterocycles. The molecule has 0 atom stereocenters. The van der Waals surface area contributed by atoms with E-state index in [1.807, 2.05) is 0 Å². The van der Waals surface area contributed by atoms with Crippen LogP contribution in [-0.2, 0) is 9.53 Å². The molecule has 0 saturated heterocycles. The lowest BCUT2D eigenvalue weighted by Gasteiger charge is -2.08. The predicted octanol–water partition coefficient (Wildman–Crippen LogP) is 2.35. The zero-order valence-electron chi connectivity index (χ0n) is 9.40. The van der Waals surface area contributed by atoms with Gasteiger partial charge < -0.3 is 14.6 Å². The Labute approximate surface area is 108 Å². The van der Waals surface area contributed by atoms with E-state index in [4.69, 9.17) is 9.47 Å². The molecule has 1 aromatic rings. The maximum atomic E-state index is 11.5. The van der Waals surface area contributed by atoms with Crippen molar-refractivity contribution in [1.29, 1.82) is 0 Å². The first kappa shape index (κ1) is 13.6. The van der Waals surface area contributed by atoms with Gasteiger partial charge in [0.25, 0.3) is 0 Å². The number of carbonyl (C=O) groups excluding carboxylic acids is 1. The topological polar surface area (TPSA) is 55.8 Å². The molecular weight excluding hydrogens is 288 g/mol. The molecule has 0 aliphatic carbocycles. The van der Waals surface area contributed by atoms with Crippen molar-refractivity contribution < 1.29 is 19.4 Å². The minimum atomic E-state index is -0.489. The van der Waals surface area contributed by atoms with E-state index in [2.05, 4.69) is 22.5 Å². The Morgan fingerprint density at radius 1 is 1.53 bits per heavy atom. The summed E-state index contributed by atoms with van der Waals surface area (Å²) in [6.45, 7) is 3.94. The van der Waals surface area contributed by atoms with E-state index in [-0.39, 0.29) is 23.7 Å². The van der Waals surface area contributed by atoms with Crippen LogP contribution in [0.25, 0.3) is 5.57 Å². The molecule has 0 spiro atoms. The number of methoxy groups -OCH3 is 1. The summed E-state index contributed by atoms with van der Waals surface area (Å²) in [5, 5.41) is 9.99. The van der Waals surface area contributed by atoms with Crippen molar-refractivity contribution in [2.24, 2.45) is 0 Å². The average molecular weight is 301 g/mol. The highest BCUT2D eigenvalue weighted by molar-refractivity contribution is 9.09. The van der Waals surface area contributed by atoms with Crippen molar-refractivity contribution in [3.63, 3.8) is 0 Å². The molecule has 0 heterocycles. The smallest absolute Gasteiger partial charge is 0.338 e. The van der Waals surface area contributed by atoms with E-state index >= 15 is 0 Å². The Balaban J connectivity index is 2.85. The number of esters is 1. The zero-order valence-corrected chi connectivity index (χ0v) is 11.0. The molecule has 0 amide bonds. The first-order valence-corrected chi connectivity index (χ1v) is 6.01. The molecule has 0 aliphatic rings. The molecule has 0 bridgehead atoms. The van der Waals surface area contributed by atoms with Gasteiger partial charge in [-0.05, 0) is 17.7 Å². The van der Waals surface area contributed by atoms with Gasteiger partial charge in [0.2, 0.25) is 0 Å². The van der Waals surface area contributed by atoms with E-state index in [0.29, 0.717) is 10.9 Å². The highest BCUT2D eigenvalue weighted by atomic mass is 79.9. The van der Waals surface area contributed by atoms with E-state index in [1.54, 1.807) is 6.07 Å². The van der Waals surface area contributed by atoms with E-state index in [0.717, 1.165) is 0 Å². The molecule has 0 fully saturated rings. The molecule has 0 aromatic heterocycles. The summed E-state index contributed by atoms with van der Waals surface area (Å²) in [5.74, 6) is -0.188. The lowest BCUT2D eigenvalue weighted by atomic mass is 10.1. The van der Waals surface area contributed by atoms with Crippen LogP contribution in [0.15, 0.2) is 24.8 Å². The first-order chi connectivity index (χ1) is 8.10. The molecule has 5 heteroatoms. The van der Waals surface area contributed by atoms with Gasteiger partial charge in [-0.2, -0.15) is 0 Å². The largest absolute Gasteiger partial charge is 0.504 e. The standard InChI is InChI=1S/C12H13BrO4/c1-8(12(15)17-6-5-13)9-3-4-10(14)11(7-9)16-2/h3-4,7,14H,1,5-6H2,2H3. The fourth-order valence-corrected chi connectivity index (χ4v) is 1.36. The summed E-state index contributed by atoms with van der Waals surface area (Å²) in [6, 6.07) is 4.56. The molecule has 0 radical (unpaired) electrons. The summed E-state index contributed by atoms with van der Waals surface area (Å²) in [6.07, 6.45) is 0. The number of rotatable bonds is 5. The van der Waals surface area contributed by atoms with Gasteiger partial charge in [0, 0.05) is 5.33 Å². The Kier molecular flexibility index (Phi) is 5.03. The van der Waals surface area contributed by atoms with E-state index in [9.17, 15) is 9.90 Å². The van der Waals surface area contributed by atoms with E-state index < -0.39 is 5.97 Å². The Morgan fingerprint density at radius 3 is 2.82 bits per heavy atom. The van der Waals surface area contributed by atoms with Crippen LogP contribution >= 0.6 is 15.9 Å². The Bertz CT molecular complexity index is 429. The van der Waals surface area contributed by atoms with Crippen molar-refractivity contribution in [2.45, 2.75) is 0 Å². The van der Waals surface area contributed by atoms with Crippen molar-refractivity contribution in [3.05, 3.63) is 30.3 Å². The number of alkyl halides is 1. The third-order valence-electron chi connectivity index (χ3n) is 2.08. The van der Waals surface area contributed by atoms with Crippen LogP contribution < -0.4 is 4.74 Å². The third kappa shape index (κ3) is 3.49. The second-order valence-corrected chi connectivity index (χ2v) is 3.98. The number of aromatic hydroxyl groups is 1. The fourth-order valence-electron chi connectivity index (χ4n) is 1.20. The molecule has 0 saturated carbocycles. The van der Waals surface area contributed by atoms with Crippen molar-refractivity contribution in [3.8, 4) is 11.5 Å². The van der Waals surface area contributed by atoms with Gasteiger partial charge in [-0.1, -0.05) is 28.6 Å². The van der Waals surface area contributed by atoms with Gasteiger partial charge in [0.1, 0.15) is 6.61 Å². The maximum Gasteiger partial charge on any atom is 0.338 e. The Morgan fingerprint density at radius 2 is 2.24 bits per heavy atom. The Hall–Kier alpha value is -1.49. The fraction of sp³-hybridized carbons (Fsp3) is 0.250. The first-order valence-electron chi connectivity index (χ1n) is 4.89. The van der Waals surface area contributed by atoms with Crippen LogP contribution in [0.1, 0.15) is 5.56 Å². The van der Waals surface area contributed by atoms with Crippen LogP contribution in [0.3, 0.4) is 0 Å². The van der Waals surface area contributed by atoms with Crippen LogP contribution in [-0.4, -0.2) is 30.1 Å². The minimum absolute atomic E-state index is 0.0119. The van der Waals surface area contributed by atoms with Gasteiger partial charge in [0.15, 0.2) is 11.5 Å². The molecule has 4 nitrogen and oxygen atoms in total. The van der Waals surface area contributed by atoms with Crippen LogP contribution in [0, 0.1) is 0 Å². The van der Waals surface area contributed by atoms with Gasteiger partial charge in [-0.15, -0.1) is 0 Å². The SMILES string of the molecule is C=C(C(=O)OCCBr)c1ccc(O)c(OC)c1. The number of phenols is 1. The molecule has 1 rings (SSSR count). The summed E-state index contributed by atoms with van der Waals surface area (Å²) < 4.78 is 9.87. The van der Waals surface area contributed by atoms with Crippen molar-refractivity contribution >= 4 is 27.5 Å². The molecule has 1 aromatic carbocycles. The normalized spacial score (nSPS) is 9.76. The number of hydrogen-bond donors (Lipinski definition) is 1. The quantitative estimate of drug-likeness (QED) is 0.515. The highest BCUT2D eigenvalue weighted by Gasteiger charge is 2.13. The molecular formula is C12H13BrO4. The van der Waals surface area contributed by atoms with Gasteiger partial charge in [-0.25, -0.2) is 4.79 Å². The molecule has 17 heavy (non-hydrogen) atoms. The second-order valence-electron chi connectivity index (χ2n) is 3.19. The number of benzene rings is 1. The second kappa shape index (κ2) is 6.30. The molecule has 92 valence electrons. The van der Waals surface area contributed by atoms with Gasteiger partial charge in [-0.3, -0.25) is 0 Å². The molecule has 0 unspecified atom stereocenters. The van der Waals surface area contributed by atoms with E-state index in [1.165, 1.54) is 19.2 Å². The summed E-state index contributed by atoms with van der Waals surface area (Å²) in [5.41, 5.74) is 0.781. The monoisotopic (exact) mass is 300 g/mol. The molecule has 1 N–H and O–H groups in total. The minimum Gasteiger partial charge on any atom is -0.504 e.